The Kier molecular flexibility index (Phi) is 4.50. The number of hydrogen-bond donors (Lipinski definition) is 0. The molecule has 1 atom stereocenters. The fourth-order valence-electron chi connectivity index (χ4n) is 2.59. The maximum absolute atomic E-state index is 12.5. The number of amides is 2. The predicted octanol–water partition coefficient (Wildman–Crippen LogP) is 3.99. The average Bonchev–Trinajstić information content (AvgIpc) is 2.59. The molecule has 0 radical (unpaired) electrons. The summed E-state index contributed by atoms with van der Waals surface area (Å²) in [5.74, 6) is 1.49. The number of rotatable bonds is 4. The van der Waals surface area contributed by atoms with Gasteiger partial charge >= 0.3 is 0 Å². The van der Waals surface area contributed by atoms with E-state index in [0.29, 0.717) is 12.0 Å². The summed E-state index contributed by atoms with van der Waals surface area (Å²) in [4.78, 5) is 25.6. The van der Waals surface area contributed by atoms with Crippen molar-refractivity contribution >= 4 is 26.3 Å². The number of nitrogens with zero attached hydrogens (tertiary/aromatic N) is 1. The molecule has 1 unspecified atom stereocenters. The van der Waals surface area contributed by atoms with E-state index in [-0.39, 0.29) is 17.9 Å². The summed E-state index contributed by atoms with van der Waals surface area (Å²) in [6, 6.07) is 17.2. The Hall–Kier alpha value is -2.51. The monoisotopic (exact) mass is 321 g/mol. The van der Waals surface area contributed by atoms with Crippen LogP contribution in [0.15, 0.2) is 66.5 Å². The molecule has 1 aliphatic heterocycles. The van der Waals surface area contributed by atoms with Crippen molar-refractivity contribution in [3.8, 4) is 11.1 Å². The number of benzene rings is 2. The SMILES string of the molecule is C=P/C=C/C1CC(=O)N1C(=O)c1ccc(-c2ccccc2)cc1. The number of hydrogen-bond acceptors (Lipinski definition) is 2. The van der Waals surface area contributed by atoms with Gasteiger partial charge in [-0.15, -0.1) is 0 Å². The molecule has 1 fully saturated rings. The van der Waals surface area contributed by atoms with E-state index in [0.717, 1.165) is 19.3 Å². The second-order valence-corrected chi connectivity index (χ2v) is 5.97. The van der Waals surface area contributed by atoms with Gasteiger partial charge in [0.05, 0.1) is 12.5 Å². The van der Waals surface area contributed by atoms with Crippen LogP contribution in [0.1, 0.15) is 16.8 Å². The summed E-state index contributed by atoms with van der Waals surface area (Å²) in [5, 5.41) is 0. The Morgan fingerprint density at radius 2 is 1.74 bits per heavy atom. The minimum atomic E-state index is -0.240. The molecule has 0 spiro atoms. The number of β-lactam (4-membered cyclic amide) rings is 1. The normalized spacial score (nSPS) is 17.5. The number of imide groups is 1. The van der Waals surface area contributed by atoms with Crippen LogP contribution < -0.4 is 0 Å². The Balaban J connectivity index is 1.79. The zero-order chi connectivity index (χ0) is 16.2. The van der Waals surface area contributed by atoms with Crippen LogP contribution in [0.3, 0.4) is 0 Å². The van der Waals surface area contributed by atoms with E-state index in [2.05, 4.69) is 6.30 Å². The largest absolute Gasteiger partial charge is 0.274 e. The van der Waals surface area contributed by atoms with Gasteiger partial charge in [0.25, 0.3) is 5.91 Å². The van der Waals surface area contributed by atoms with E-state index in [9.17, 15) is 9.59 Å². The molecule has 1 heterocycles. The maximum Gasteiger partial charge on any atom is 0.261 e. The molecule has 114 valence electrons. The number of likely N-dealkylation sites (tertiary alicyclic amines) is 1. The van der Waals surface area contributed by atoms with E-state index < -0.39 is 0 Å². The maximum atomic E-state index is 12.5. The Morgan fingerprint density at radius 3 is 2.35 bits per heavy atom. The molecule has 23 heavy (non-hydrogen) atoms. The number of carbonyl (C=O) groups excluding carboxylic acids is 2. The molecular formula is C19H16NO2P. The molecule has 0 aromatic heterocycles. The summed E-state index contributed by atoms with van der Waals surface area (Å²) in [5.41, 5.74) is 2.68. The van der Waals surface area contributed by atoms with Crippen molar-refractivity contribution in [2.45, 2.75) is 12.5 Å². The van der Waals surface area contributed by atoms with Crippen molar-refractivity contribution in [3.05, 3.63) is 72.1 Å². The standard InChI is InChI=1S/C19H16NO2P/c1-23-12-11-17-13-18(21)20(17)19(22)16-9-7-15(8-10-16)14-5-3-2-4-6-14/h2-12,17H,1,13H2/b12-11+. The minimum absolute atomic E-state index is 0.127. The fraction of sp³-hybridized carbons (Fsp3) is 0.105. The van der Waals surface area contributed by atoms with Gasteiger partial charge in [0, 0.05) is 5.56 Å². The fourth-order valence-corrected chi connectivity index (χ4v) is 2.91. The first-order valence-corrected chi connectivity index (χ1v) is 8.50. The van der Waals surface area contributed by atoms with Gasteiger partial charge in [0.15, 0.2) is 0 Å². The molecule has 4 heteroatoms. The van der Waals surface area contributed by atoms with Crippen LogP contribution in [0, 0.1) is 0 Å². The van der Waals surface area contributed by atoms with Gasteiger partial charge in [-0.25, -0.2) is 0 Å². The Labute approximate surface area is 137 Å². The van der Waals surface area contributed by atoms with Crippen LogP contribution in [0.25, 0.3) is 11.1 Å². The van der Waals surface area contributed by atoms with E-state index in [1.807, 2.05) is 54.4 Å². The number of carbonyl (C=O) groups is 2. The summed E-state index contributed by atoms with van der Waals surface area (Å²) < 4.78 is 0. The third-order valence-electron chi connectivity index (χ3n) is 3.86. The third kappa shape index (κ3) is 3.15. The van der Waals surface area contributed by atoms with E-state index in [1.54, 1.807) is 12.1 Å². The first-order valence-electron chi connectivity index (χ1n) is 7.35. The first-order chi connectivity index (χ1) is 11.2. The van der Waals surface area contributed by atoms with Gasteiger partial charge in [-0.1, -0.05) is 63.0 Å². The zero-order valence-corrected chi connectivity index (χ0v) is 13.4. The van der Waals surface area contributed by atoms with Crippen molar-refractivity contribution < 1.29 is 9.59 Å². The first kappa shape index (κ1) is 15.4. The smallest absolute Gasteiger partial charge is 0.261 e. The molecule has 2 aromatic carbocycles. The van der Waals surface area contributed by atoms with Crippen LogP contribution in [-0.2, 0) is 4.79 Å². The molecule has 3 rings (SSSR count). The summed E-state index contributed by atoms with van der Waals surface area (Å²) in [6.07, 6.45) is 5.95. The van der Waals surface area contributed by atoms with Crippen LogP contribution in [0.5, 0.6) is 0 Å². The minimum Gasteiger partial charge on any atom is -0.274 e. The van der Waals surface area contributed by atoms with Crippen molar-refractivity contribution in [2.24, 2.45) is 0 Å². The van der Waals surface area contributed by atoms with Gasteiger partial charge in [-0.3, -0.25) is 14.5 Å². The molecule has 1 saturated heterocycles. The molecule has 0 aliphatic carbocycles. The van der Waals surface area contributed by atoms with Crippen molar-refractivity contribution in [2.75, 3.05) is 0 Å². The van der Waals surface area contributed by atoms with Crippen LogP contribution in [0.4, 0.5) is 0 Å². The third-order valence-corrected chi connectivity index (χ3v) is 4.24. The highest BCUT2D eigenvalue weighted by molar-refractivity contribution is 7.40. The van der Waals surface area contributed by atoms with Crippen molar-refractivity contribution in [1.29, 1.82) is 0 Å². The van der Waals surface area contributed by atoms with Gasteiger partial charge < -0.3 is 0 Å². The van der Waals surface area contributed by atoms with E-state index in [4.69, 9.17) is 0 Å². The quantitative estimate of drug-likeness (QED) is 0.485. The molecular weight excluding hydrogens is 305 g/mol. The summed E-state index contributed by atoms with van der Waals surface area (Å²) in [6.45, 7) is 0. The highest BCUT2D eigenvalue weighted by Crippen LogP contribution is 2.25. The van der Waals surface area contributed by atoms with Crippen molar-refractivity contribution in [3.63, 3.8) is 0 Å². The lowest BCUT2D eigenvalue weighted by Crippen LogP contribution is -2.54. The molecule has 0 bridgehead atoms. The lowest BCUT2D eigenvalue weighted by atomic mass is 9.99. The highest BCUT2D eigenvalue weighted by Gasteiger charge is 2.39. The topological polar surface area (TPSA) is 37.4 Å². The van der Waals surface area contributed by atoms with Gasteiger partial charge in [-0.05, 0) is 29.1 Å². The van der Waals surface area contributed by atoms with Gasteiger partial charge in [0.1, 0.15) is 0 Å². The summed E-state index contributed by atoms with van der Waals surface area (Å²) in [7, 11) is 0.871. The average molecular weight is 321 g/mol. The Morgan fingerprint density at radius 1 is 1.09 bits per heavy atom. The van der Waals surface area contributed by atoms with Gasteiger partial charge in [0.2, 0.25) is 5.91 Å². The Bertz CT molecular complexity index is 766. The predicted molar refractivity (Wildman–Crippen MR) is 94.6 cm³/mol. The summed E-state index contributed by atoms with van der Waals surface area (Å²) >= 11 is 0. The van der Waals surface area contributed by atoms with Crippen molar-refractivity contribution in [1.82, 2.24) is 4.90 Å². The lowest BCUT2D eigenvalue weighted by molar-refractivity contribution is -0.139. The molecule has 2 amide bonds. The van der Waals surface area contributed by atoms with Crippen LogP contribution >= 0.6 is 8.20 Å². The molecule has 1 aliphatic rings. The van der Waals surface area contributed by atoms with Crippen LogP contribution in [-0.4, -0.2) is 29.1 Å². The molecule has 0 N–H and O–H groups in total. The van der Waals surface area contributed by atoms with E-state index in [1.165, 1.54) is 4.90 Å². The second-order valence-electron chi connectivity index (χ2n) is 5.31. The second kappa shape index (κ2) is 6.72. The zero-order valence-electron chi connectivity index (χ0n) is 12.6. The lowest BCUT2D eigenvalue weighted by Gasteiger charge is -2.36. The van der Waals surface area contributed by atoms with E-state index >= 15 is 0 Å². The van der Waals surface area contributed by atoms with Gasteiger partial charge in [-0.2, -0.15) is 0 Å². The van der Waals surface area contributed by atoms with Crippen LogP contribution in [0.2, 0.25) is 0 Å². The molecule has 3 nitrogen and oxygen atoms in total. The molecule has 2 aromatic rings. The molecule has 0 saturated carbocycles. The highest BCUT2D eigenvalue weighted by atomic mass is 31.1.